The minimum absolute atomic E-state index is 0.0336. The number of hydrogen-bond acceptors (Lipinski definition) is 2. The van der Waals surface area contributed by atoms with E-state index in [9.17, 15) is 8.78 Å². The lowest BCUT2D eigenvalue weighted by atomic mass is 10.2. The molecule has 0 bridgehead atoms. The fourth-order valence-electron chi connectivity index (χ4n) is 1.15. The molecule has 1 heterocycles. The van der Waals surface area contributed by atoms with Gasteiger partial charge in [-0.2, -0.15) is 8.78 Å². The summed E-state index contributed by atoms with van der Waals surface area (Å²) in [5.41, 5.74) is 0. The number of piperazine rings is 1. The molecule has 2 nitrogen and oxygen atoms in total. The summed E-state index contributed by atoms with van der Waals surface area (Å²) < 4.78 is 24.1. The van der Waals surface area contributed by atoms with E-state index in [1.807, 2.05) is 0 Å². The fourth-order valence-corrected chi connectivity index (χ4v) is 1.15. The zero-order valence-corrected chi connectivity index (χ0v) is 5.98. The van der Waals surface area contributed by atoms with E-state index in [0.29, 0.717) is 19.6 Å². The third kappa shape index (κ3) is 1.64. The first-order valence-electron chi connectivity index (χ1n) is 3.46. The SMILES string of the molecule is CC1CNCCN1C(F)F. The Balaban J connectivity index is 2.40. The maximum atomic E-state index is 12.1. The fraction of sp³-hybridized carbons (Fsp3) is 1.00. The van der Waals surface area contributed by atoms with Crippen molar-refractivity contribution in [3.63, 3.8) is 0 Å². The zero-order valence-electron chi connectivity index (χ0n) is 5.98. The van der Waals surface area contributed by atoms with Gasteiger partial charge in [0.05, 0.1) is 0 Å². The van der Waals surface area contributed by atoms with Crippen molar-refractivity contribution < 1.29 is 8.78 Å². The molecule has 1 saturated heterocycles. The maximum Gasteiger partial charge on any atom is 0.295 e. The number of halogens is 2. The normalized spacial score (nSPS) is 29.4. The summed E-state index contributed by atoms with van der Waals surface area (Å²) in [5.74, 6) is 0. The predicted octanol–water partition coefficient (Wildman–Crippen LogP) is 0.503. The van der Waals surface area contributed by atoms with Crippen LogP contribution in [0.2, 0.25) is 0 Å². The van der Waals surface area contributed by atoms with Crippen LogP contribution in [0.5, 0.6) is 0 Å². The van der Waals surface area contributed by atoms with E-state index in [-0.39, 0.29) is 6.04 Å². The van der Waals surface area contributed by atoms with Gasteiger partial charge in [-0.1, -0.05) is 0 Å². The smallest absolute Gasteiger partial charge is 0.295 e. The first kappa shape index (κ1) is 7.88. The molecule has 10 heavy (non-hydrogen) atoms. The quantitative estimate of drug-likeness (QED) is 0.548. The molecule has 1 N–H and O–H groups in total. The lowest BCUT2D eigenvalue weighted by Gasteiger charge is -2.32. The van der Waals surface area contributed by atoms with Crippen molar-refractivity contribution in [3.05, 3.63) is 0 Å². The molecule has 1 fully saturated rings. The van der Waals surface area contributed by atoms with Gasteiger partial charge in [0.2, 0.25) is 0 Å². The van der Waals surface area contributed by atoms with Crippen LogP contribution in [-0.4, -0.2) is 37.1 Å². The first-order valence-corrected chi connectivity index (χ1v) is 3.46. The van der Waals surface area contributed by atoms with Crippen LogP contribution in [0.3, 0.4) is 0 Å². The highest BCUT2D eigenvalue weighted by Gasteiger charge is 2.24. The van der Waals surface area contributed by atoms with Gasteiger partial charge in [0, 0.05) is 25.7 Å². The topological polar surface area (TPSA) is 15.3 Å². The second-order valence-electron chi connectivity index (χ2n) is 2.57. The van der Waals surface area contributed by atoms with Gasteiger partial charge in [-0.15, -0.1) is 0 Å². The number of nitrogens with one attached hydrogen (secondary N) is 1. The molecule has 60 valence electrons. The molecule has 1 aliphatic rings. The van der Waals surface area contributed by atoms with Crippen molar-refractivity contribution in [2.45, 2.75) is 19.5 Å². The second-order valence-corrected chi connectivity index (χ2v) is 2.57. The Labute approximate surface area is 59.2 Å². The Hall–Kier alpha value is -0.220. The van der Waals surface area contributed by atoms with Crippen LogP contribution >= 0.6 is 0 Å². The van der Waals surface area contributed by atoms with Crippen LogP contribution in [0.1, 0.15) is 6.92 Å². The number of alkyl halides is 2. The highest BCUT2D eigenvalue weighted by atomic mass is 19.3. The van der Waals surface area contributed by atoms with E-state index in [1.54, 1.807) is 6.92 Å². The molecule has 0 aromatic heterocycles. The van der Waals surface area contributed by atoms with Crippen molar-refractivity contribution in [2.24, 2.45) is 0 Å². The van der Waals surface area contributed by atoms with E-state index in [2.05, 4.69) is 5.32 Å². The van der Waals surface area contributed by atoms with Crippen LogP contribution in [-0.2, 0) is 0 Å². The number of nitrogens with zero attached hydrogens (tertiary/aromatic N) is 1. The van der Waals surface area contributed by atoms with Crippen LogP contribution in [0.4, 0.5) is 8.78 Å². The summed E-state index contributed by atoms with van der Waals surface area (Å²) in [4.78, 5) is 1.20. The standard InChI is InChI=1S/C6H12F2N2/c1-5-4-9-2-3-10(5)6(7)8/h5-6,9H,2-4H2,1H3. The van der Waals surface area contributed by atoms with Crippen molar-refractivity contribution in [2.75, 3.05) is 19.6 Å². The average Bonchev–Trinajstić information content (AvgIpc) is 1.88. The van der Waals surface area contributed by atoms with Crippen LogP contribution in [0, 0.1) is 0 Å². The van der Waals surface area contributed by atoms with Crippen LogP contribution in [0.25, 0.3) is 0 Å². The monoisotopic (exact) mass is 150 g/mol. The lowest BCUT2D eigenvalue weighted by Crippen LogP contribution is -2.51. The van der Waals surface area contributed by atoms with E-state index in [4.69, 9.17) is 0 Å². The van der Waals surface area contributed by atoms with Crippen molar-refractivity contribution in [1.82, 2.24) is 10.2 Å². The van der Waals surface area contributed by atoms with Gasteiger partial charge < -0.3 is 5.32 Å². The van der Waals surface area contributed by atoms with Gasteiger partial charge in [-0.3, -0.25) is 0 Å². The predicted molar refractivity (Wildman–Crippen MR) is 35.0 cm³/mol. The van der Waals surface area contributed by atoms with E-state index in [1.165, 1.54) is 4.90 Å². The molecule has 1 unspecified atom stereocenters. The summed E-state index contributed by atoms with van der Waals surface area (Å²) >= 11 is 0. The molecular formula is C6H12F2N2. The molecule has 0 aromatic carbocycles. The van der Waals surface area contributed by atoms with Gasteiger partial charge >= 0.3 is 0 Å². The third-order valence-corrected chi connectivity index (χ3v) is 1.80. The molecule has 0 spiro atoms. The zero-order chi connectivity index (χ0) is 7.56. The van der Waals surface area contributed by atoms with Gasteiger partial charge in [-0.05, 0) is 6.92 Å². The molecule has 1 aliphatic heterocycles. The van der Waals surface area contributed by atoms with Gasteiger partial charge in [-0.25, -0.2) is 4.90 Å². The van der Waals surface area contributed by atoms with Gasteiger partial charge in [0.25, 0.3) is 6.55 Å². The Bertz CT molecular complexity index is 108. The molecule has 0 amide bonds. The minimum atomic E-state index is -2.29. The van der Waals surface area contributed by atoms with Crippen molar-refractivity contribution in [1.29, 1.82) is 0 Å². The summed E-state index contributed by atoms with van der Waals surface area (Å²) in [7, 11) is 0. The van der Waals surface area contributed by atoms with E-state index >= 15 is 0 Å². The lowest BCUT2D eigenvalue weighted by molar-refractivity contribution is -0.0575. The molecule has 0 saturated carbocycles. The first-order chi connectivity index (χ1) is 4.72. The van der Waals surface area contributed by atoms with E-state index < -0.39 is 6.55 Å². The maximum absolute atomic E-state index is 12.1. The molecule has 1 rings (SSSR count). The largest absolute Gasteiger partial charge is 0.314 e. The number of rotatable bonds is 1. The second kappa shape index (κ2) is 3.25. The van der Waals surface area contributed by atoms with Gasteiger partial charge in [0.15, 0.2) is 0 Å². The Morgan fingerprint density at radius 2 is 2.30 bits per heavy atom. The molecule has 4 heteroatoms. The summed E-state index contributed by atoms with van der Waals surface area (Å²) in [6.07, 6.45) is 0. The molecule has 0 radical (unpaired) electrons. The highest BCUT2D eigenvalue weighted by molar-refractivity contribution is 4.74. The molecule has 0 aliphatic carbocycles. The summed E-state index contributed by atoms with van der Waals surface area (Å²) in [5, 5.41) is 3.04. The molecule has 0 aromatic rings. The minimum Gasteiger partial charge on any atom is -0.314 e. The third-order valence-electron chi connectivity index (χ3n) is 1.80. The molecular weight excluding hydrogens is 138 g/mol. The van der Waals surface area contributed by atoms with Crippen molar-refractivity contribution >= 4 is 0 Å². The van der Waals surface area contributed by atoms with Gasteiger partial charge in [0.1, 0.15) is 0 Å². The van der Waals surface area contributed by atoms with Crippen molar-refractivity contribution in [3.8, 4) is 0 Å². The Kier molecular flexibility index (Phi) is 2.56. The number of hydrogen-bond donors (Lipinski definition) is 1. The average molecular weight is 150 g/mol. The summed E-state index contributed by atoms with van der Waals surface area (Å²) in [6.45, 7) is 1.31. The highest BCUT2D eigenvalue weighted by Crippen LogP contribution is 2.09. The van der Waals surface area contributed by atoms with Crippen LogP contribution in [0.15, 0.2) is 0 Å². The Morgan fingerprint density at radius 3 is 2.70 bits per heavy atom. The van der Waals surface area contributed by atoms with Crippen LogP contribution < -0.4 is 5.32 Å². The molecule has 1 atom stereocenters. The van der Waals surface area contributed by atoms with E-state index in [0.717, 1.165) is 0 Å². The Morgan fingerprint density at radius 1 is 1.60 bits per heavy atom. The summed E-state index contributed by atoms with van der Waals surface area (Å²) in [6, 6.07) is -0.0336.